The second kappa shape index (κ2) is 7.03. The molecule has 0 amide bonds. The highest BCUT2D eigenvalue weighted by Gasteiger charge is 2.14. The van der Waals surface area contributed by atoms with E-state index < -0.39 is 11.6 Å². The minimum absolute atomic E-state index is 0.0300. The molecule has 0 aliphatic heterocycles. The number of nitrogens with zero attached hydrogens (tertiary/aromatic N) is 3. The third-order valence-corrected chi connectivity index (χ3v) is 4.07. The lowest BCUT2D eigenvalue weighted by molar-refractivity contribution is 0.290. The van der Waals surface area contributed by atoms with Crippen LogP contribution in [0.5, 0.6) is 5.75 Å². The molecule has 26 heavy (non-hydrogen) atoms. The topological polar surface area (TPSA) is 57.0 Å². The summed E-state index contributed by atoms with van der Waals surface area (Å²) >= 11 is 0. The van der Waals surface area contributed by atoms with Gasteiger partial charge in [0.2, 0.25) is 0 Å². The van der Waals surface area contributed by atoms with E-state index in [9.17, 15) is 13.6 Å². The zero-order valence-electron chi connectivity index (χ0n) is 14.6. The summed E-state index contributed by atoms with van der Waals surface area (Å²) in [4.78, 5) is 20.5. The van der Waals surface area contributed by atoms with Gasteiger partial charge in [-0.1, -0.05) is 0 Å². The highest BCUT2D eigenvalue weighted by molar-refractivity contribution is 5.43. The van der Waals surface area contributed by atoms with Crippen LogP contribution in [0.1, 0.15) is 22.5 Å². The van der Waals surface area contributed by atoms with Gasteiger partial charge >= 0.3 is 0 Å². The minimum atomic E-state index is -0.792. The van der Waals surface area contributed by atoms with Crippen molar-refractivity contribution in [2.75, 3.05) is 0 Å². The van der Waals surface area contributed by atoms with Crippen molar-refractivity contribution in [1.82, 2.24) is 14.5 Å². The number of pyridine rings is 3. The molecule has 0 bridgehead atoms. The maximum absolute atomic E-state index is 13.7. The summed E-state index contributed by atoms with van der Waals surface area (Å²) < 4.78 is 33.8. The van der Waals surface area contributed by atoms with E-state index >= 15 is 0 Å². The van der Waals surface area contributed by atoms with Crippen molar-refractivity contribution < 1.29 is 13.5 Å². The molecule has 0 unspecified atom stereocenters. The van der Waals surface area contributed by atoms with Crippen molar-refractivity contribution in [3.05, 3.63) is 81.3 Å². The molecule has 0 aromatic carbocycles. The Labute approximate surface area is 148 Å². The van der Waals surface area contributed by atoms with E-state index in [-0.39, 0.29) is 17.9 Å². The zero-order chi connectivity index (χ0) is 18.8. The summed E-state index contributed by atoms with van der Waals surface area (Å²) in [5, 5.41) is 0. The molecule has 0 atom stereocenters. The van der Waals surface area contributed by atoms with Gasteiger partial charge in [-0.3, -0.25) is 19.3 Å². The normalized spacial score (nSPS) is 10.8. The van der Waals surface area contributed by atoms with Gasteiger partial charge in [-0.25, -0.2) is 8.78 Å². The highest BCUT2D eigenvalue weighted by atomic mass is 19.1. The van der Waals surface area contributed by atoms with Crippen LogP contribution in [-0.2, 0) is 6.61 Å². The molecule has 0 radical (unpaired) electrons. The van der Waals surface area contributed by atoms with Gasteiger partial charge in [0.1, 0.15) is 23.9 Å². The number of aryl methyl sites for hydroxylation is 2. The van der Waals surface area contributed by atoms with Crippen LogP contribution in [0.15, 0.2) is 41.6 Å². The van der Waals surface area contributed by atoms with Crippen LogP contribution < -0.4 is 10.3 Å². The monoisotopic (exact) mass is 357 g/mol. The fourth-order valence-electron chi connectivity index (χ4n) is 2.66. The van der Waals surface area contributed by atoms with Gasteiger partial charge in [-0.15, -0.1) is 0 Å². The lowest BCUT2D eigenvalue weighted by Gasteiger charge is -2.16. The molecular weight excluding hydrogens is 340 g/mol. The quantitative estimate of drug-likeness (QED) is 0.718. The molecule has 0 fully saturated rings. The molecule has 0 saturated carbocycles. The Morgan fingerprint density at radius 1 is 1.15 bits per heavy atom. The van der Waals surface area contributed by atoms with E-state index in [0.717, 1.165) is 23.5 Å². The molecule has 7 heteroatoms. The molecule has 134 valence electrons. The molecule has 0 aliphatic carbocycles. The molecule has 0 spiro atoms. The standard InChI is InChI=1S/C19H17F2N3O2/c1-11-8-22-5-4-17(11)24-12(2)6-18(13(3)19(24)25)26-10-16-15(21)7-14(20)9-23-16/h4-9H,10H2,1-3H3. The Bertz CT molecular complexity index is 1030. The van der Waals surface area contributed by atoms with Crippen molar-refractivity contribution in [2.45, 2.75) is 27.4 Å². The Hall–Kier alpha value is -3.09. The summed E-state index contributed by atoms with van der Waals surface area (Å²) in [7, 11) is 0. The zero-order valence-corrected chi connectivity index (χ0v) is 14.6. The summed E-state index contributed by atoms with van der Waals surface area (Å²) in [6.45, 7) is 5.09. The number of ether oxygens (including phenoxy) is 1. The van der Waals surface area contributed by atoms with Gasteiger partial charge in [-0.2, -0.15) is 0 Å². The van der Waals surface area contributed by atoms with E-state index in [2.05, 4.69) is 9.97 Å². The van der Waals surface area contributed by atoms with Crippen LogP contribution in [0.25, 0.3) is 5.69 Å². The largest absolute Gasteiger partial charge is 0.487 e. The van der Waals surface area contributed by atoms with Crippen LogP contribution in [0.4, 0.5) is 8.78 Å². The lowest BCUT2D eigenvalue weighted by Crippen LogP contribution is -2.24. The molecule has 5 nitrogen and oxygen atoms in total. The van der Waals surface area contributed by atoms with Crippen molar-refractivity contribution in [1.29, 1.82) is 0 Å². The van der Waals surface area contributed by atoms with Gasteiger partial charge < -0.3 is 4.74 Å². The fraction of sp³-hybridized carbons (Fsp3) is 0.211. The fourth-order valence-corrected chi connectivity index (χ4v) is 2.66. The molecule has 3 rings (SSSR count). The number of hydrogen-bond donors (Lipinski definition) is 0. The Morgan fingerprint density at radius 2 is 1.92 bits per heavy atom. The number of halogens is 2. The molecule has 0 aliphatic rings. The van der Waals surface area contributed by atoms with Crippen LogP contribution in [0.3, 0.4) is 0 Å². The van der Waals surface area contributed by atoms with Crippen LogP contribution in [0.2, 0.25) is 0 Å². The third-order valence-electron chi connectivity index (χ3n) is 4.07. The molecular formula is C19H17F2N3O2. The van der Waals surface area contributed by atoms with E-state index in [0.29, 0.717) is 17.0 Å². The van der Waals surface area contributed by atoms with Gasteiger partial charge in [-0.05, 0) is 32.4 Å². The summed E-state index contributed by atoms with van der Waals surface area (Å²) in [5.74, 6) is -1.21. The average molecular weight is 357 g/mol. The molecule has 3 heterocycles. The summed E-state index contributed by atoms with van der Waals surface area (Å²) in [6, 6.07) is 4.22. The summed E-state index contributed by atoms with van der Waals surface area (Å²) in [6.07, 6.45) is 4.23. The number of rotatable bonds is 4. The first-order chi connectivity index (χ1) is 12.4. The van der Waals surface area contributed by atoms with E-state index in [1.54, 1.807) is 42.9 Å². The maximum Gasteiger partial charge on any atom is 0.261 e. The third kappa shape index (κ3) is 3.33. The van der Waals surface area contributed by atoms with E-state index in [1.807, 2.05) is 6.92 Å². The van der Waals surface area contributed by atoms with Gasteiger partial charge in [0.05, 0.1) is 17.4 Å². The second-order valence-electron chi connectivity index (χ2n) is 5.95. The van der Waals surface area contributed by atoms with Crippen LogP contribution >= 0.6 is 0 Å². The first-order valence-electron chi connectivity index (χ1n) is 7.95. The Balaban J connectivity index is 1.96. The Morgan fingerprint density at radius 3 is 2.62 bits per heavy atom. The van der Waals surface area contributed by atoms with Gasteiger partial charge in [0.25, 0.3) is 5.56 Å². The predicted octanol–water partition coefficient (Wildman–Crippen LogP) is 3.41. The SMILES string of the molecule is Cc1cnccc1-n1c(C)cc(OCc2ncc(F)cc2F)c(C)c1=O. The Kier molecular flexibility index (Phi) is 4.79. The molecule has 3 aromatic heterocycles. The lowest BCUT2D eigenvalue weighted by atomic mass is 10.2. The smallest absolute Gasteiger partial charge is 0.261 e. The second-order valence-corrected chi connectivity index (χ2v) is 5.95. The van der Waals surface area contributed by atoms with Gasteiger partial charge in [0, 0.05) is 30.2 Å². The first-order valence-corrected chi connectivity index (χ1v) is 7.95. The maximum atomic E-state index is 13.7. The molecule has 0 saturated heterocycles. The van der Waals surface area contributed by atoms with Crippen molar-refractivity contribution in [2.24, 2.45) is 0 Å². The first kappa shape index (κ1) is 17.7. The summed E-state index contributed by atoms with van der Waals surface area (Å²) in [5.41, 5.74) is 2.39. The van der Waals surface area contributed by atoms with Crippen molar-refractivity contribution in [3.8, 4) is 11.4 Å². The van der Waals surface area contributed by atoms with E-state index in [4.69, 9.17) is 4.74 Å². The molecule has 0 N–H and O–H groups in total. The van der Waals surface area contributed by atoms with E-state index in [1.165, 1.54) is 0 Å². The predicted molar refractivity (Wildman–Crippen MR) is 92.5 cm³/mol. The number of hydrogen-bond acceptors (Lipinski definition) is 4. The van der Waals surface area contributed by atoms with Crippen LogP contribution in [-0.4, -0.2) is 14.5 Å². The van der Waals surface area contributed by atoms with Crippen molar-refractivity contribution in [3.63, 3.8) is 0 Å². The average Bonchev–Trinajstić information content (AvgIpc) is 2.60. The van der Waals surface area contributed by atoms with Crippen LogP contribution in [0, 0.1) is 32.4 Å². The highest BCUT2D eigenvalue weighted by Crippen LogP contribution is 2.21. The number of aromatic nitrogens is 3. The van der Waals surface area contributed by atoms with Gasteiger partial charge in [0.15, 0.2) is 5.82 Å². The molecule has 3 aromatic rings. The minimum Gasteiger partial charge on any atom is -0.487 e. The van der Waals surface area contributed by atoms with Crippen molar-refractivity contribution >= 4 is 0 Å².